The van der Waals surface area contributed by atoms with Crippen molar-refractivity contribution >= 4 is 21.7 Å². The van der Waals surface area contributed by atoms with Gasteiger partial charge in [-0.3, -0.25) is 0 Å². The van der Waals surface area contributed by atoms with Gasteiger partial charge in [0, 0.05) is 6.54 Å². The number of imidazole rings is 1. The van der Waals surface area contributed by atoms with Gasteiger partial charge in [-0.2, -0.15) is 0 Å². The summed E-state index contributed by atoms with van der Waals surface area (Å²) in [6.07, 6.45) is 6.52. The van der Waals surface area contributed by atoms with Crippen LogP contribution in [0.1, 0.15) is 32.4 Å². The lowest BCUT2D eigenvalue weighted by molar-refractivity contribution is 0.680. The minimum Gasteiger partial charge on any atom is -0.383 e. The van der Waals surface area contributed by atoms with Crippen LogP contribution < -0.4 is 5.73 Å². The fraction of sp³-hybridized carbons (Fsp3) is 0.462. The maximum Gasteiger partial charge on any atom is 0.180 e. The first-order valence-electron chi connectivity index (χ1n) is 6.49. The summed E-state index contributed by atoms with van der Waals surface area (Å²) in [7, 11) is 0. The molecule has 0 radical (unpaired) electrons. The lowest BCUT2D eigenvalue weighted by Gasteiger charge is -2.10. The van der Waals surface area contributed by atoms with E-state index in [1.807, 2.05) is 0 Å². The Morgan fingerprint density at radius 3 is 2.74 bits per heavy atom. The van der Waals surface area contributed by atoms with E-state index in [1.165, 1.54) is 0 Å². The van der Waals surface area contributed by atoms with Gasteiger partial charge in [0.05, 0.1) is 22.7 Å². The minimum atomic E-state index is 0.484. The maximum atomic E-state index is 5.95. The molecule has 0 fully saturated rings. The Bertz CT molecular complexity index is 564. The van der Waals surface area contributed by atoms with Gasteiger partial charge >= 0.3 is 0 Å². The predicted octanol–water partition coefficient (Wildman–Crippen LogP) is 3.05. The Morgan fingerprint density at radius 2 is 2.05 bits per heavy atom. The molecule has 19 heavy (non-hydrogen) atoms. The van der Waals surface area contributed by atoms with E-state index in [2.05, 4.69) is 49.3 Å². The van der Waals surface area contributed by atoms with Crippen molar-refractivity contribution in [2.24, 2.45) is 0 Å². The summed E-state index contributed by atoms with van der Waals surface area (Å²) in [4.78, 5) is 13.1. The average molecular weight is 324 g/mol. The van der Waals surface area contributed by atoms with Gasteiger partial charge in [0.15, 0.2) is 5.82 Å². The van der Waals surface area contributed by atoms with E-state index in [0.717, 1.165) is 41.7 Å². The highest BCUT2D eigenvalue weighted by atomic mass is 79.9. The van der Waals surface area contributed by atoms with Crippen molar-refractivity contribution in [1.29, 1.82) is 0 Å². The first-order valence-corrected chi connectivity index (χ1v) is 7.29. The molecule has 2 heterocycles. The average Bonchev–Trinajstić information content (AvgIpc) is 2.84. The molecular weight excluding hydrogens is 306 g/mol. The summed E-state index contributed by atoms with van der Waals surface area (Å²) in [6.45, 7) is 5.15. The largest absolute Gasteiger partial charge is 0.383 e. The van der Waals surface area contributed by atoms with Gasteiger partial charge in [0.25, 0.3) is 0 Å². The van der Waals surface area contributed by atoms with Crippen LogP contribution in [0, 0.1) is 0 Å². The second-order valence-corrected chi connectivity index (χ2v) is 5.21. The summed E-state index contributed by atoms with van der Waals surface area (Å²) in [5.41, 5.74) is 7.82. The highest BCUT2D eigenvalue weighted by Gasteiger charge is 2.13. The predicted molar refractivity (Wildman–Crippen MR) is 79.7 cm³/mol. The monoisotopic (exact) mass is 323 g/mol. The molecule has 0 aliphatic rings. The second-order valence-electron chi connectivity index (χ2n) is 4.42. The molecule has 102 valence electrons. The van der Waals surface area contributed by atoms with Gasteiger partial charge in [0.2, 0.25) is 0 Å². The molecule has 0 saturated carbocycles. The van der Waals surface area contributed by atoms with Crippen molar-refractivity contribution in [3.8, 4) is 11.5 Å². The van der Waals surface area contributed by atoms with Gasteiger partial charge in [-0.15, -0.1) is 0 Å². The number of aromatic nitrogens is 4. The fourth-order valence-electron chi connectivity index (χ4n) is 1.96. The molecule has 0 spiro atoms. The molecule has 2 aromatic rings. The Hall–Kier alpha value is -1.43. The lowest BCUT2D eigenvalue weighted by atomic mass is 10.2. The van der Waals surface area contributed by atoms with E-state index in [1.54, 1.807) is 12.5 Å². The van der Waals surface area contributed by atoms with E-state index in [9.17, 15) is 0 Å². The number of nitrogens with two attached hydrogens (primary N) is 1. The van der Waals surface area contributed by atoms with Gasteiger partial charge in [-0.25, -0.2) is 15.0 Å². The highest BCUT2D eigenvalue weighted by Crippen LogP contribution is 2.26. The topological polar surface area (TPSA) is 69.6 Å². The third-order valence-corrected chi connectivity index (χ3v) is 3.70. The van der Waals surface area contributed by atoms with E-state index < -0.39 is 0 Å². The molecule has 0 saturated heterocycles. The highest BCUT2D eigenvalue weighted by molar-refractivity contribution is 9.10. The quantitative estimate of drug-likeness (QED) is 0.918. The molecule has 0 aliphatic carbocycles. The number of anilines is 1. The van der Waals surface area contributed by atoms with Crippen molar-refractivity contribution in [3.05, 3.63) is 22.7 Å². The third kappa shape index (κ3) is 2.94. The fourth-order valence-corrected chi connectivity index (χ4v) is 2.33. The number of nitrogens with zero attached hydrogens (tertiary/aromatic N) is 4. The lowest BCUT2D eigenvalue weighted by Crippen LogP contribution is -2.06. The molecule has 0 atom stereocenters. The van der Waals surface area contributed by atoms with Gasteiger partial charge in [-0.1, -0.05) is 20.3 Å². The number of halogens is 1. The minimum absolute atomic E-state index is 0.484. The van der Waals surface area contributed by atoms with Gasteiger partial charge in [0.1, 0.15) is 11.5 Å². The van der Waals surface area contributed by atoms with Crippen LogP contribution in [0.3, 0.4) is 0 Å². The van der Waals surface area contributed by atoms with E-state index >= 15 is 0 Å². The van der Waals surface area contributed by atoms with Crippen LogP contribution in [-0.4, -0.2) is 19.5 Å². The zero-order chi connectivity index (χ0) is 13.8. The van der Waals surface area contributed by atoms with Gasteiger partial charge in [-0.05, 0) is 28.8 Å². The van der Waals surface area contributed by atoms with E-state index in [-0.39, 0.29) is 0 Å². The van der Waals surface area contributed by atoms with Crippen LogP contribution in [0.4, 0.5) is 5.82 Å². The molecule has 0 unspecified atom stereocenters. The first-order chi connectivity index (χ1) is 9.17. The van der Waals surface area contributed by atoms with Crippen LogP contribution in [0.25, 0.3) is 11.5 Å². The summed E-state index contributed by atoms with van der Waals surface area (Å²) in [5.74, 6) is 1.13. The van der Waals surface area contributed by atoms with Gasteiger partial charge < -0.3 is 10.3 Å². The molecule has 2 rings (SSSR count). The van der Waals surface area contributed by atoms with Crippen LogP contribution in [0.15, 0.2) is 17.0 Å². The molecule has 2 aromatic heterocycles. The number of aryl methyl sites for hydroxylation is 2. The molecule has 2 N–H and O–H groups in total. The van der Waals surface area contributed by atoms with Crippen LogP contribution in [-0.2, 0) is 13.0 Å². The number of rotatable bonds is 5. The van der Waals surface area contributed by atoms with Crippen molar-refractivity contribution in [3.63, 3.8) is 0 Å². The summed E-state index contributed by atoms with van der Waals surface area (Å²) in [5, 5.41) is 0. The van der Waals surface area contributed by atoms with Crippen LogP contribution in [0.2, 0.25) is 0 Å². The normalized spacial score (nSPS) is 10.9. The van der Waals surface area contributed by atoms with E-state index in [4.69, 9.17) is 5.73 Å². The number of hydrogen-bond acceptors (Lipinski definition) is 4. The summed E-state index contributed by atoms with van der Waals surface area (Å²) in [6, 6.07) is 0. The Labute approximate surface area is 121 Å². The van der Waals surface area contributed by atoms with Crippen LogP contribution >= 0.6 is 15.9 Å². The molecule has 6 heteroatoms. The Morgan fingerprint density at radius 1 is 1.26 bits per heavy atom. The zero-order valence-corrected chi connectivity index (χ0v) is 12.8. The molecule has 0 amide bonds. The second kappa shape index (κ2) is 6.14. The summed E-state index contributed by atoms with van der Waals surface area (Å²) < 4.78 is 2.86. The molecular formula is C13H18BrN5. The summed E-state index contributed by atoms with van der Waals surface area (Å²) >= 11 is 3.46. The standard InChI is InChI=1S/C13H18BrN5/c1-3-5-9-11(14)12(15)18-13(17-9)10-7-16-8-19(10)6-4-2/h7-8H,3-6H2,1-2H3,(H2,15,17,18). The third-order valence-electron chi connectivity index (χ3n) is 2.84. The SMILES string of the molecule is CCCc1nc(-c2cncn2CCC)nc(N)c1Br. The Balaban J connectivity index is 2.47. The van der Waals surface area contributed by atoms with E-state index in [0.29, 0.717) is 11.6 Å². The Kier molecular flexibility index (Phi) is 4.52. The van der Waals surface area contributed by atoms with Crippen molar-refractivity contribution in [2.75, 3.05) is 5.73 Å². The molecule has 5 nitrogen and oxygen atoms in total. The van der Waals surface area contributed by atoms with Crippen LogP contribution in [0.5, 0.6) is 0 Å². The molecule has 0 bridgehead atoms. The first kappa shape index (κ1) is 14.0. The number of nitrogen functional groups attached to an aromatic ring is 1. The number of hydrogen-bond donors (Lipinski definition) is 1. The zero-order valence-electron chi connectivity index (χ0n) is 11.2. The van der Waals surface area contributed by atoms with Crippen molar-refractivity contribution < 1.29 is 0 Å². The maximum absolute atomic E-state index is 5.95. The van der Waals surface area contributed by atoms with Crippen molar-refractivity contribution in [1.82, 2.24) is 19.5 Å². The van der Waals surface area contributed by atoms with Crippen molar-refractivity contribution in [2.45, 2.75) is 39.7 Å². The smallest absolute Gasteiger partial charge is 0.180 e. The molecule has 0 aliphatic heterocycles. The molecule has 0 aromatic carbocycles.